The first-order chi connectivity index (χ1) is 3.95. The van der Waals surface area contributed by atoms with Crippen molar-refractivity contribution in [3.05, 3.63) is 0 Å². The molecule has 0 atom stereocenters. The largest absolute Gasteiger partial charge is 0.336 e. The van der Waals surface area contributed by atoms with E-state index in [1.54, 1.807) is 13.5 Å². The summed E-state index contributed by atoms with van der Waals surface area (Å²) in [5.74, 6) is 0. The lowest BCUT2D eigenvalue weighted by atomic mass is 10.1. The summed E-state index contributed by atoms with van der Waals surface area (Å²) in [5.41, 5.74) is 5.28. The molecule has 0 heterocycles. The SMILES string of the molecule is CN([C]=O)CC(C)(C)N. The zero-order valence-corrected chi connectivity index (χ0v) is 6.14. The molecule has 0 spiro atoms. The normalized spacial score (nSPS) is 11.1. The highest BCUT2D eigenvalue weighted by atomic mass is 16.1. The molecule has 2 N–H and O–H groups in total. The van der Waals surface area contributed by atoms with Crippen molar-refractivity contribution in [2.45, 2.75) is 19.4 Å². The second-order valence-corrected chi connectivity index (χ2v) is 2.94. The van der Waals surface area contributed by atoms with Crippen molar-refractivity contribution in [2.75, 3.05) is 13.6 Å². The maximum atomic E-state index is 9.93. The van der Waals surface area contributed by atoms with Crippen molar-refractivity contribution in [2.24, 2.45) is 5.73 Å². The summed E-state index contributed by atoms with van der Waals surface area (Å²) < 4.78 is 0. The molecule has 0 aliphatic rings. The van der Waals surface area contributed by atoms with Gasteiger partial charge >= 0.3 is 6.41 Å². The summed E-state index contributed by atoms with van der Waals surface area (Å²) in [4.78, 5) is 11.3. The Kier molecular flexibility index (Phi) is 2.65. The molecule has 53 valence electrons. The molecule has 0 aromatic heterocycles. The van der Waals surface area contributed by atoms with Gasteiger partial charge in [-0.15, -0.1) is 0 Å². The van der Waals surface area contributed by atoms with Crippen LogP contribution in [0.1, 0.15) is 13.8 Å². The minimum absolute atomic E-state index is 0.313. The molecule has 0 unspecified atom stereocenters. The summed E-state index contributed by atoms with van der Waals surface area (Å²) in [6, 6.07) is 0. The van der Waals surface area contributed by atoms with Gasteiger partial charge in [-0.3, -0.25) is 4.79 Å². The van der Waals surface area contributed by atoms with E-state index in [0.717, 1.165) is 0 Å². The highest BCUT2D eigenvalue weighted by molar-refractivity contribution is 5.47. The minimum atomic E-state index is -0.313. The highest BCUT2D eigenvalue weighted by Gasteiger charge is 2.12. The summed E-state index contributed by atoms with van der Waals surface area (Å²) in [5, 5.41) is 0. The van der Waals surface area contributed by atoms with Gasteiger partial charge in [-0.1, -0.05) is 0 Å². The third-order valence-electron chi connectivity index (χ3n) is 0.801. The van der Waals surface area contributed by atoms with Crippen molar-refractivity contribution in [3.63, 3.8) is 0 Å². The fourth-order valence-corrected chi connectivity index (χ4v) is 0.644. The van der Waals surface area contributed by atoms with Crippen LogP contribution in [0, 0.1) is 0 Å². The van der Waals surface area contributed by atoms with E-state index in [4.69, 9.17) is 5.73 Å². The number of nitrogens with two attached hydrogens (primary N) is 1. The van der Waals surface area contributed by atoms with Crippen LogP contribution in [0.5, 0.6) is 0 Å². The lowest BCUT2D eigenvalue weighted by molar-refractivity contribution is 0.352. The minimum Gasteiger partial charge on any atom is -0.336 e. The monoisotopic (exact) mass is 129 g/mol. The van der Waals surface area contributed by atoms with E-state index in [1.165, 1.54) is 4.90 Å². The Bertz CT molecular complexity index is 95.7. The standard InChI is InChI=1S/C6H13N2O/c1-6(2,7)4-8(3)5-9/h4,7H2,1-3H3. The molecule has 1 radical (unpaired) electrons. The summed E-state index contributed by atoms with van der Waals surface area (Å²) in [7, 11) is 1.65. The van der Waals surface area contributed by atoms with E-state index in [2.05, 4.69) is 0 Å². The van der Waals surface area contributed by atoms with Crippen LogP contribution < -0.4 is 5.73 Å². The fraction of sp³-hybridized carbons (Fsp3) is 0.833. The van der Waals surface area contributed by atoms with Crippen LogP contribution in [0.3, 0.4) is 0 Å². The van der Waals surface area contributed by atoms with Gasteiger partial charge in [0.25, 0.3) is 0 Å². The van der Waals surface area contributed by atoms with Crippen molar-refractivity contribution in [1.82, 2.24) is 4.90 Å². The van der Waals surface area contributed by atoms with Gasteiger partial charge in [0.1, 0.15) is 0 Å². The van der Waals surface area contributed by atoms with Crippen LogP contribution in [-0.4, -0.2) is 30.4 Å². The molecular formula is C6H13N2O. The number of hydrogen-bond donors (Lipinski definition) is 1. The first-order valence-corrected chi connectivity index (χ1v) is 2.83. The molecule has 0 saturated heterocycles. The van der Waals surface area contributed by atoms with Crippen molar-refractivity contribution >= 4 is 6.41 Å². The molecule has 0 aliphatic heterocycles. The Morgan fingerprint density at radius 2 is 2.11 bits per heavy atom. The van der Waals surface area contributed by atoms with Crippen LogP contribution >= 0.6 is 0 Å². The van der Waals surface area contributed by atoms with Crippen molar-refractivity contribution < 1.29 is 4.79 Å². The van der Waals surface area contributed by atoms with E-state index in [0.29, 0.717) is 6.54 Å². The second-order valence-electron chi connectivity index (χ2n) is 2.94. The molecule has 1 amide bonds. The molecule has 0 aromatic carbocycles. The third-order valence-corrected chi connectivity index (χ3v) is 0.801. The Labute approximate surface area is 55.8 Å². The van der Waals surface area contributed by atoms with Gasteiger partial charge in [0.15, 0.2) is 0 Å². The number of nitrogens with zero attached hydrogens (tertiary/aromatic N) is 1. The molecule has 3 heteroatoms. The molecule has 0 fully saturated rings. The molecule has 3 nitrogen and oxygen atoms in total. The maximum absolute atomic E-state index is 9.93. The average molecular weight is 129 g/mol. The highest BCUT2D eigenvalue weighted by Crippen LogP contribution is 1.96. The van der Waals surface area contributed by atoms with Crippen molar-refractivity contribution in [1.29, 1.82) is 0 Å². The van der Waals surface area contributed by atoms with E-state index in [9.17, 15) is 4.79 Å². The Morgan fingerprint density at radius 3 is 2.22 bits per heavy atom. The number of carbonyl (C=O) groups excluding carboxylic acids is 1. The Balaban J connectivity index is 3.59. The van der Waals surface area contributed by atoms with Crippen LogP contribution in [-0.2, 0) is 4.79 Å². The summed E-state index contributed by atoms with van der Waals surface area (Å²) in [6.45, 7) is 4.26. The van der Waals surface area contributed by atoms with Gasteiger partial charge in [0, 0.05) is 19.1 Å². The predicted octanol–water partition coefficient (Wildman–Crippen LogP) is -0.277. The number of rotatable bonds is 3. The molecule has 0 rings (SSSR count). The number of amides is 1. The van der Waals surface area contributed by atoms with Crippen LogP contribution in [0.15, 0.2) is 0 Å². The lowest BCUT2D eigenvalue weighted by Gasteiger charge is -2.22. The van der Waals surface area contributed by atoms with Gasteiger partial charge < -0.3 is 10.6 Å². The Morgan fingerprint density at radius 1 is 1.67 bits per heavy atom. The first kappa shape index (κ1) is 8.43. The van der Waals surface area contributed by atoms with Crippen LogP contribution in [0.4, 0.5) is 0 Å². The molecular weight excluding hydrogens is 116 g/mol. The molecule has 0 saturated carbocycles. The van der Waals surface area contributed by atoms with Gasteiger partial charge in [-0.25, -0.2) is 0 Å². The van der Waals surface area contributed by atoms with E-state index < -0.39 is 0 Å². The topological polar surface area (TPSA) is 46.3 Å². The smallest absolute Gasteiger partial charge is 0.311 e. The molecule has 0 bridgehead atoms. The molecule has 0 aromatic rings. The van der Waals surface area contributed by atoms with Gasteiger partial charge in [0.05, 0.1) is 0 Å². The van der Waals surface area contributed by atoms with Crippen LogP contribution in [0.25, 0.3) is 0 Å². The van der Waals surface area contributed by atoms with Gasteiger partial charge in [0.2, 0.25) is 0 Å². The van der Waals surface area contributed by atoms with E-state index >= 15 is 0 Å². The maximum Gasteiger partial charge on any atom is 0.311 e. The van der Waals surface area contributed by atoms with E-state index in [1.807, 2.05) is 13.8 Å². The molecule has 9 heavy (non-hydrogen) atoms. The fourth-order valence-electron chi connectivity index (χ4n) is 0.644. The zero-order valence-electron chi connectivity index (χ0n) is 6.14. The van der Waals surface area contributed by atoms with E-state index in [-0.39, 0.29) is 5.54 Å². The quantitative estimate of drug-likeness (QED) is 0.533. The summed E-state index contributed by atoms with van der Waals surface area (Å²) in [6.07, 6.45) is 1.72. The molecule has 0 aliphatic carbocycles. The summed E-state index contributed by atoms with van der Waals surface area (Å²) >= 11 is 0. The van der Waals surface area contributed by atoms with Crippen LogP contribution in [0.2, 0.25) is 0 Å². The number of likely N-dealkylation sites (N-methyl/N-ethyl adjacent to an activating group) is 1. The predicted molar refractivity (Wildman–Crippen MR) is 36.6 cm³/mol. The van der Waals surface area contributed by atoms with Gasteiger partial charge in [-0.2, -0.15) is 0 Å². The lowest BCUT2D eigenvalue weighted by Crippen LogP contribution is -2.43. The first-order valence-electron chi connectivity index (χ1n) is 2.83. The number of hydrogen-bond acceptors (Lipinski definition) is 2. The zero-order chi connectivity index (χ0) is 7.49. The Hall–Kier alpha value is -0.570. The second kappa shape index (κ2) is 2.82. The third kappa shape index (κ3) is 5.30. The van der Waals surface area contributed by atoms with Crippen molar-refractivity contribution in [3.8, 4) is 0 Å². The average Bonchev–Trinajstić information content (AvgIpc) is 1.62. The van der Waals surface area contributed by atoms with Gasteiger partial charge in [-0.05, 0) is 13.8 Å².